The molecule has 2 fully saturated rings. The van der Waals surface area contributed by atoms with Crippen LogP contribution >= 0.6 is 11.3 Å². The number of ether oxygens (including phenoxy) is 1. The molecule has 2 amide bonds. The molecule has 0 radical (unpaired) electrons. The minimum atomic E-state index is -0.458. The second-order valence-corrected chi connectivity index (χ2v) is 10.2. The zero-order chi connectivity index (χ0) is 24.0. The fourth-order valence-corrected chi connectivity index (χ4v) is 5.57. The number of nitrogens with two attached hydrogens (primary N) is 1. The number of fused-ring (bicyclic) bond motifs is 1. The molecule has 4 N–H and O–H groups in total. The number of nitrogens with one attached hydrogen (secondary N) is 1. The third-order valence-corrected chi connectivity index (χ3v) is 7.74. The molecule has 9 nitrogen and oxygen atoms in total. The van der Waals surface area contributed by atoms with Crippen LogP contribution in [0, 0.1) is 5.41 Å². The largest absolute Gasteiger partial charge is 0.404 e. The zero-order valence-corrected chi connectivity index (χ0v) is 20.5. The highest BCUT2D eigenvalue weighted by atomic mass is 32.1. The third kappa shape index (κ3) is 5.73. The summed E-state index contributed by atoms with van der Waals surface area (Å²) < 4.78 is 6.38. The highest BCUT2D eigenvalue weighted by Crippen LogP contribution is 2.40. The van der Waals surface area contributed by atoms with E-state index < -0.39 is 6.10 Å². The van der Waals surface area contributed by atoms with Gasteiger partial charge in [-0.25, -0.2) is 9.78 Å². The quantitative estimate of drug-likeness (QED) is 0.489. The molecular weight excluding hydrogens is 452 g/mol. The van der Waals surface area contributed by atoms with Crippen molar-refractivity contribution in [1.29, 1.82) is 0 Å². The van der Waals surface area contributed by atoms with Gasteiger partial charge in [0, 0.05) is 56.1 Å². The first-order chi connectivity index (χ1) is 16.5. The maximum Gasteiger partial charge on any atom is 0.323 e. The first kappa shape index (κ1) is 24.6. The molecule has 0 aromatic carbocycles. The number of allylic oxidation sites excluding steroid dienone is 1. The zero-order valence-electron chi connectivity index (χ0n) is 19.7. The Balaban J connectivity index is 1.43. The van der Waals surface area contributed by atoms with E-state index in [1.807, 2.05) is 4.90 Å². The van der Waals surface area contributed by atoms with Crippen molar-refractivity contribution in [1.82, 2.24) is 14.9 Å². The van der Waals surface area contributed by atoms with Crippen molar-refractivity contribution in [2.45, 2.75) is 51.6 Å². The van der Waals surface area contributed by atoms with Crippen molar-refractivity contribution >= 4 is 44.5 Å². The van der Waals surface area contributed by atoms with Gasteiger partial charge < -0.3 is 20.5 Å². The Morgan fingerprint density at radius 2 is 2.24 bits per heavy atom. The summed E-state index contributed by atoms with van der Waals surface area (Å²) in [4.78, 5) is 28.1. The van der Waals surface area contributed by atoms with Crippen molar-refractivity contribution < 1.29 is 14.6 Å². The number of aliphatic hydroxyl groups is 1. The minimum absolute atomic E-state index is 0.117. The molecule has 2 saturated heterocycles. The lowest BCUT2D eigenvalue weighted by Crippen LogP contribution is -2.37. The van der Waals surface area contributed by atoms with E-state index in [0.717, 1.165) is 75.1 Å². The number of urea groups is 1. The van der Waals surface area contributed by atoms with Crippen LogP contribution in [0.1, 0.15) is 51.0 Å². The summed E-state index contributed by atoms with van der Waals surface area (Å²) in [6, 6.07) is -0.117. The van der Waals surface area contributed by atoms with Crippen LogP contribution in [0.15, 0.2) is 23.6 Å². The number of anilines is 1. The van der Waals surface area contributed by atoms with E-state index in [-0.39, 0.29) is 11.4 Å². The van der Waals surface area contributed by atoms with Gasteiger partial charge >= 0.3 is 6.03 Å². The lowest BCUT2D eigenvalue weighted by molar-refractivity contribution is 0.0211. The van der Waals surface area contributed by atoms with Crippen LogP contribution in [0.4, 0.5) is 9.93 Å². The molecule has 4 rings (SSSR count). The number of thiazole rings is 1. The number of nitrogens with zero attached hydrogens (tertiary/aromatic N) is 4. The summed E-state index contributed by atoms with van der Waals surface area (Å²) in [6.07, 6.45) is 11.9. The molecule has 0 aliphatic carbocycles. The smallest absolute Gasteiger partial charge is 0.323 e. The Bertz CT molecular complexity index is 1050. The van der Waals surface area contributed by atoms with Crippen LogP contribution in [0.25, 0.3) is 15.8 Å². The van der Waals surface area contributed by atoms with Crippen molar-refractivity contribution in [3.05, 3.63) is 24.2 Å². The van der Waals surface area contributed by atoms with Gasteiger partial charge in [-0.2, -0.15) is 0 Å². The summed E-state index contributed by atoms with van der Waals surface area (Å²) in [6.45, 7) is 5.50. The first-order valence-electron chi connectivity index (χ1n) is 12.0. The molecule has 10 heteroatoms. The summed E-state index contributed by atoms with van der Waals surface area (Å²) in [5, 5.41) is 13.5. The number of hydrogen-bond donors (Lipinski definition) is 3. The van der Waals surface area contributed by atoms with Crippen molar-refractivity contribution in [2.24, 2.45) is 16.1 Å². The summed E-state index contributed by atoms with van der Waals surface area (Å²) >= 11 is 1.40. The number of pyridine rings is 1. The maximum atomic E-state index is 12.9. The van der Waals surface area contributed by atoms with Gasteiger partial charge in [-0.05, 0) is 31.1 Å². The second kappa shape index (κ2) is 11.2. The van der Waals surface area contributed by atoms with Crippen LogP contribution in [0.2, 0.25) is 0 Å². The monoisotopic (exact) mass is 486 g/mol. The maximum absolute atomic E-state index is 12.9. The van der Waals surface area contributed by atoms with Crippen LogP contribution in [0.5, 0.6) is 0 Å². The number of aromatic nitrogens is 2. The second-order valence-electron chi connectivity index (χ2n) is 9.18. The average molecular weight is 487 g/mol. The van der Waals surface area contributed by atoms with Crippen LogP contribution in [0.3, 0.4) is 0 Å². The standard InChI is InChI=1S/C24H34N6O3S/c1-2-3-4-18(31)13-26-12-17(11-25)19-14-27-15-20-21(19)34-22(28-20)29-23(32)30-8-5-24(16-30)6-9-33-10-7-24/h11-12,14-15,18,31H,2-10,13,16,25H2,1H3,(H,28,29,32)/b17-11+,26-12?/t18-/m1/s1. The number of aliphatic hydroxyl groups excluding tert-OH is 1. The van der Waals surface area contributed by atoms with Gasteiger partial charge in [-0.1, -0.05) is 31.1 Å². The molecule has 2 aliphatic heterocycles. The van der Waals surface area contributed by atoms with Gasteiger partial charge in [0.25, 0.3) is 0 Å². The lowest BCUT2D eigenvalue weighted by atomic mass is 9.80. The topological polar surface area (TPSA) is 126 Å². The van der Waals surface area contributed by atoms with Gasteiger partial charge in [0.2, 0.25) is 0 Å². The third-order valence-electron chi connectivity index (χ3n) is 6.72. The predicted molar refractivity (Wildman–Crippen MR) is 136 cm³/mol. The van der Waals surface area contributed by atoms with E-state index in [4.69, 9.17) is 10.5 Å². The van der Waals surface area contributed by atoms with E-state index in [1.54, 1.807) is 18.6 Å². The highest BCUT2D eigenvalue weighted by Gasteiger charge is 2.41. The number of hydrogen-bond acceptors (Lipinski definition) is 8. The van der Waals surface area contributed by atoms with Crippen LogP contribution in [-0.4, -0.2) is 71.2 Å². The molecular formula is C24H34N6O3S. The van der Waals surface area contributed by atoms with Gasteiger partial charge in [0.1, 0.15) is 5.52 Å². The number of carbonyl (C=O) groups is 1. The number of carbonyl (C=O) groups excluding carboxylic acids is 1. The molecule has 34 heavy (non-hydrogen) atoms. The number of aliphatic imine (C=N–C) groups is 1. The SMILES string of the molecule is CCCC[C@@H](O)CN=C/C(=C\N)c1cncc2nc(NC(=O)N3CCC4(CCOCC4)C3)sc12. The van der Waals surface area contributed by atoms with E-state index in [9.17, 15) is 9.90 Å². The van der Waals surface area contributed by atoms with Crippen molar-refractivity contribution in [2.75, 3.05) is 38.2 Å². The molecule has 0 bridgehead atoms. The van der Waals surface area contributed by atoms with E-state index in [0.29, 0.717) is 22.8 Å². The van der Waals surface area contributed by atoms with Gasteiger partial charge in [-0.3, -0.25) is 15.3 Å². The molecule has 2 aliphatic rings. The van der Waals surface area contributed by atoms with Gasteiger partial charge in [-0.15, -0.1) is 0 Å². The summed E-state index contributed by atoms with van der Waals surface area (Å²) in [5.41, 5.74) is 8.27. The lowest BCUT2D eigenvalue weighted by Gasteiger charge is -2.33. The fourth-order valence-electron chi connectivity index (χ4n) is 4.61. The summed E-state index contributed by atoms with van der Waals surface area (Å²) in [5.74, 6) is 0. The molecule has 184 valence electrons. The molecule has 1 atom stereocenters. The van der Waals surface area contributed by atoms with Gasteiger partial charge in [0.15, 0.2) is 5.13 Å². The van der Waals surface area contributed by atoms with Crippen LogP contribution < -0.4 is 11.1 Å². The van der Waals surface area contributed by atoms with Crippen LogP contribution in [-0.2, 0) is 4.74 Å². The Kier molecular flexibility index (Phi) is 8.12. The predicted octanol–water partition coefficient (Wildman–Crippen LogP) is 3.65. The Morgan fingerprint density at radius 3 is 3.00 bits per heavy atom. The highest BCUT2D eigenvalue weighted by molar-refractivity contribution is 7.22. The van der Waals surface area contributed by atoms with E-state index in [2.05, 4.69) is 27.2 Å². The first-order valence-corrected chi connectivity index (χ1v) is 12.8. The summed E-state index contributed by atoms with van der Waals surface area (Å²) in [7, 11) is 0. The van der Waals surface area contributed by atoms with E-state index >= 15 is 0 Å². The molecule has 1 spiro atoms. The Labute approximate surface area is 204 Å². The number of rotatable bonds is 8. The molecule has 2 aromatic rings. The number of likely N-dealkylation sites (tertiary alicyclic amines) is 1. The minimum Gasteiger partial charge on any atom is -0.404 e. The van der Waals surface area contributed by atoms with Gasteiger partial charge in [0.05, 0.1) is 23.5 Å². The molecule has 0 saturated carbocycles. The average Bonchev–Trinajstić information content (AvgIpc) is 3.45. The Hall–Kier alpha value is -2.56. The number of amides is 2. The van der Waals surface area contributed by atoms with Crippen molar-refractivity contribution in [3.8, 4) is 0 Å². The Morgan fingerprint density at radius 1 is 1.41 bits per heavy atom. The normalized spacial score (nSPS) is 19.4. The molecule has 4 heterocycles. The molecule has 2 aromatic heterocycles. The van der Waals surface area contributed by atoms with Crippen molar-refractivity contribution in [3.63, 3.8) is 0 Å². The number of unbranched alkanes of at least 4 members (excludes halogenated alkanes) is 1. The molecule has 0 unspecified atom stereocenters. The van der Waals surface area contributed by atoms with E-state index in [1.165, 1.54) is 17.5 Å². The fraction of sp³-hybridized carbons (Fsp3) is 0.583.